The Bertz CT molecular complexity index is 341. The number of aromatic nitrogens is 2. The van der Waals surface area contributed by atoms with Crippen LogP contribution in [0.5, 0.6) is 0 Å². The molecule has 0 bridgehead atoms. The molecule has 2 N–H and O–H groups in total. The van der Waals surface area contributed by atoms with Crippen molar-refractivity contribution in [3.05, 3.63) is 18.1 Å². The third-order valence-corrected chi connectivity index (χ3v) is 2.89. The first-order chi connectivity index (χ1) is 8.28. The lowest BCUT2D eigenvalue weighted by molar-refractivity contribution is 0.174. The zero-order valence-electron chi connectivity index (χ0n) is 10.3. The summed E-state index contributed by atoms with van der Waals surface area (Å²) in [6.45, 7) is 5.51. The normalized spacial score (nSPS) is 20.7. The van der Waals surface area contributed by atoms with Crippen LogP contribution in [0, 0.1) is 0 Å². The number of hydrogen-bond donors (Lipinski definition) is 2. The van der Waals surface area contributed by atoms with Gasteiger partial charge in [0.25, 0.3) is 0 Å². The van der Waals surface area contributed by atoms with E-state index in [0.29, 0.717) is 0 Å². The minimum Gasteiger partial charge on any atom is -0.392 e. The molecule has 2 heterocycles. The Morgan fingerprint density at radius 3 is 2.94 bits per heavy atom. The highest BCUT2D eigenvalue weighted by atomic mass is 16.3. The molecule has 1 aliphatic rings. The zero-order valence-corrected chi connectivity index (χ0v) is 10.3. The van der Waals surface area contributed by atoms with E-state index in [2.05, 4.69) is 27.1 Å². The van der Waals surface area contributed by atoms with Crippen molar-refractivity contribution >= 4 is 5.82 Å². The standard InChI is InChI=1S/C12H20N4O/c1-2-4-13-12-7-14-10(6-15-12)8-16-5-3-11(17)9-16/h6-7,11,17H,2-5,8-9H2,1H3,(H,13,15). The molecule has 0 spiro atoms. The van der Waals surface area contributed by atoms with Crippen molar-refractivity contribution in [3.63, 3.8) is 0 Å². The molecule has 0 saturated carbocycles. The van der Waals surface area contributed by atoms with Crippen LogP contribution in [0.1, 0.15) is 25.5 Å². The van der Waals surface area contributed by atoms with Crippen LogP contribution in [0.3, 0.4) is 0 Å². The number of nitrogens with one attached hydrogen (secondary N) is 1. The lowest BCUT2D eigenvalue weighted by atomic mass is 10.3. The fourth-order valence-corrected chi connectivity index (χ4v) is 1.97. The quantitative estimate of drug-likeness (QED) is 0.794. The summed E-state index contributed by atoms with van der Waals surface area (Å²) in [7, 11) is 0. The minimum absolute atomic E-state index is 0.173. The molecule has 1 atom stereocenters. The highest BCUT2D eigenvalue weighted by molar-refractivity contribution is 5.30. The zero-order chi connectivity index (χ0) is 12.1. The van der Waals surface area contributed by atoms with Crippen molar-refractivity contribution in [2.24, 2.45) is 0 Å². The highest BCUT2D eigenvalue weighted by Gasteiger charge is 2.20. The second kappa shape index (κ2) is 5.93. The Morgan fingerprint density at radius 2 is 2.35 bits per heavy atom. The summed E-state index contributed by atoms with van der Waals surface area (Å²) in [5.41, 5.74) is 0.959. The summed E-state index contributed by atoms with van der Waals surface area (Å²) in [6, 6.07) is 0. The predicted molar refractivity (Wildman–Crippen MR) is 66.7 cm³/mol. The number of rotatable bonds is 5. The van der Waals surface area contributed by atoms with Crippen molar-refractivity contribution < 1.29 is 5.11 Å². The van der Waals surface area contributed by atoms with Gasteiger partial charge < -0.3 is 10.4 Å². The van der Waals surface area contributed by atoms with Gasteiger partial charge in [-0.15, -0.1) is 0 Å². The predicted octanol–water partition coefficient (Wildman–Crippen LogP) is 0.865. The van der Waals surface area contributed by atoms with Gasteiger partial charge >= 0.3 is 0 Å². The summed E-state index contributed by atoms with van der Waals surface area (Å²) in [4.78, 5) is 10.9. The smallest absolute Gasteiger partial charge is 0.144 e. The van der Waals surface area contributed by atoms with Gasteiger partial charge in [0, 0.05) is 26.2 Å². The summed E-state index contributed by atoms with van der Waals surface area (Å²) in [6.07, 6.45) is 5.35. The Morgan fingerprint density at radius 1 is 1.47 bits per heavy atom. The third kappa shape index (κ3) is 3.64. The first-order valence-corrected chi connectivity index (χ1v) is 6.23. The number of aliphatic hydroxyl groups is 1. The Hall–Kier alpha value is -1.20. The van der Waals surface area contributed by atoms with Gasteiger partial charge in [0.1, 0.15) is 5.82 Å². The summed E-state index contributed by atoms with van der Waals surface area (Å²) >= 11 is 0. The Labute approximate surface area is 102 Å². The van der Waals surface area contributed by atoms with E-state index in [0.717, 1.165) is 50.5 Å². The van der Waals surface area contributed by atoms with Gasteiger partial charge in [0.15, 0.2) is 0 Å². The van der Waals surface area contributed by atoms with Crippen molar-refractivity contribution in [3.8, 4) is 0 Å². The second-order valence-electron chi connectivity index (χ2n) is 4.50. The molecule has 94 valence electrons. The molecule has 0 amide bonds. The van der Waals surface area contributed by atoms with Crippen LogP contribution in [0.25, 0.3) is 0 Å². The highest BCUT2D eigenvalue weighted by Crippen LogP contribution is 2.12. The maximum absolute atomic E-state index is 9.43. The average Bonchev–Trinajstić information content (AvgIpc) is 2.74. The van der Waals surface area contributed by atoms with Gasteiger partial charge in [0.05, 0.1) is 24.2 Å². The van der Waals surface area contributed by atoms with Crippen LogP contribution >= 0.6 is 0 Å². The summed E-state index contributed by atoms with van der Waals surface area (Å²) in [5.74, 6) is 0.831. The number of hydrogen-bond acceptors (Lipinski definition) is 5. The molecule has 1 unspecified atom stereocenters. The number of aliphatic hydroxyl groups excluding tert-OH is 1. The first kappa shape index (κ1) is 12.3. The van der Waals surface area contributed by atoms with Crippen LogP contribution in [0.15, 0.2) is 12.4 Å². The Balaban J connectivity index is 1.85. The fourth-order valence-electron chi connectivity index (χ4n) is 1.97. The van der Waals surface area contributed by atoms with Crippen LogP contribution in [-0.4, -0.2) is 45.7 Å². The topological polar surface area (TPSA) is 61.3 Å². The molecule has 2 rings (SSSR count). The van der Waals surface area contributed by atoms with Crippen molar-refractivity contribution in [1.29, 1.82) is 0 Å². The van der Waals surface area contributed by atoms with E-state index < -0.39 is 0 Å². The molecule has 1 saturated heterocycles. The molecular weight excluding hydrogens is 216 g/mol. The minimum atomic E-state index is -0.173. The van der Waals surface area contributed by atoms with E-state index in [-0.39, 0.29) is 6.10 Å². The molecule has 1 aromatic heterocycles. The maximum Gasteiger partial charge on any atom is 0.144 e. The molecule has 1 aromatic rings. The molecule has 5 heteroatoms. The Kier molecular flexibility index (Phi) is 4.28. The van der Waals surface area contributed by atoms with Crippen LogP contribution < -0.4 is 5.32 Å². The molecule has 5 nitrogen and oxygen atoms in total. The van der Waals surface area contributed by atoms with Gasteiger partial charge in [-0.05, 0) is 12.8 Å². The van der Waals surface area contributed by atoms with Gasteiger partial charge in [0.2, 0.25) is 0 Å². The third-order valence-electron chi connectivity index (χ3n) is 2.89. The van der Waals surface area contributed by atoms with Crippen molar-refractivity contribution in [2.45, 2.75) is 32.4 Å². The number of β-amino-alcohol motifs (C(OH)–C–C–N with tert-alkyl or cyclic N) is 1. The lowest BCUT2D eigenvalue weighted by Crippen LogP contribution is -2.22. The van der Waals surface area contributed by atoms with Gasteiger partial charge in [-0.2, -0.15) is 0 Å². The van der Waals surface area contributed by atoms with E-state index in [4.69, 9.17) is 0 Å². The number of nitrogens with zero attached hydrogens (tertiary/aromatic N) is 3. The van der Waals surface area contributed by atoms with Crippen molar-refractivity contribution in [1.82, 2.24) is 14.9 Å². The molecular formula is C12H20N4O. The van der Waals surface area contributed by atoms with E-state index in [1.54, 1.807) is 6.20 Å². The molecule has 0 radical (unpaired) electrons. The second-order valence-corrected chi connectivity index (χ2v) is 4.50. The summed E-state index contributed by atoms with van der Waals surface area (Å²) in [5, 5.41) is 12.6. The molecule has 17 heavy (non-hydrogen) atoms. The van der Waals surface area contributed by atoms with E-state index in [9.17, 15) is 5.11 Å². The van der Waals surface area contributed by atoms with Crippen LogP contribution in [0.4, 0.5) is 5.82 Å². The SMILES string of the molecule is CCCNc1cnc(CN2CCC(O)C2)cn1. The average molecular weight is 236 g/mol. The van der Waals surface area contributed by atoms with E-state index in [1.807, 2.05) is 6.20 Å². The van der Waals surface area contributed by atoms with E-state index >= 15 is 0 Å². The number of anilines is 1. The van der Waals surface area contributed by atoms with Crippen LogP contribution in [-0.2, 0) is 6.54 Å². The van der Waals surface area contributed by atoms with Crippen LogP contribution in [0.2, 0.25) is 0 Å². The molecule has 1 aliphatic heterocycles. The molecule has 0 aliphatic carbocycles. The van der Waals surface area contributed by atoms with Crippen molar-refractivity contribution in [2.75, 3.05) is 25.0 Å². The van der Waals surface area contributed by atoms with Gasteiger partial charge in [-0.25, -0.2) is 4.98 Å². The largest absolute Gasteiger partial charge is 0.392 e. The van der Waals surface area contributed by atoms with E-state index in [1.165, 1.54) is 0 Å². The van der Waals surface area contributed by atoms with Gasteiger partial charge in [-0.1, -0.05) is 6.92 Å². The first-order valence-electron chi connectivity index (χ1n) is 6.23. The molecule has 1 fully saturated rings. The lowest BCUT2D eigenvalue weighted by Gasteiger charge is -2.14. The van der Waals surface area contributed by atoms with Gasteiger partial charge in [-0.3, -0.25) is 9.88 Å². The number of likely N-dealkylation sites (tertiary alicyclic amines) is 1. The fraction of sp³-hybridized carbons (Fsp3) is 0.667. The monoisotopic (exact) mass is 236 g/mol. The summed E-state index contributed by atoms with van der Waals surface area (Å²) < 4.78 is 0. The molecule has 0 aromatic carbocycles. The maximum atomic E-state index is 9.43.